The number of hydrogen-bond acceptors (Lipinski definition) is 4. The topological polar surface area (TPSA) is 56.5 Å². The maximum Gasteiger partial charge on any atom is 0.0667 e. The molecule has 1 rings (SSSR count). The molecule has 1 aliphatic carbocycles. The first-order valence-corrected chi connectivity index (χ1v) is 6.51. The second-order valence-electron chi connectivity index (χ2n) is 5.70. The molecule has 1 fully saturated rings. The van der Waals surface area contributed by atoms with Crippen LogP contribution >= 0.6 is 0 Å². The molecule has 3 N–H and O–H groups in total. The largest absolute Gasteiger partial charge is 0.380 e. The summed E-state index contributed by atoms with van der Waals surface area (Å²) in [7, 11) is 1.73. The van der Waals surface area contributed by atoms with Crippen molar-refractivity contribution in [1.82, 2.24) is 5.32 Å². The number of nitrogens with two attached hydrogens (primary N) is 1. The van der Waals surface area contributed by atoms with Gasteiger partial charge in [-0.25, -0.2) is 0 Å². The fourth-order valence-electron chi connectivity index (χ4n) is 2.39. The summed E-state index contributed by atoms with van der Waals surface area (Å²) in [5, 5.41) is 3.39. The fourth-order valence-corrected chi connectivity index (χ4v) is 2.39. The Kier molecular flexibility index (Phi) is 4.95. The maximum atomic E-state index is 6.45. The zero-order valence-corrected chi connectivity index (χ0v) is 11.9. The molecule has 1 aliphatic rings. The monoisotopic (exact) mass is 244 g/mol. The van der Waals surface area contributed by atoms with Crippen molar-refractivity contribution in [2.24, 2.45) is 11.1 Å². The van der Waals surface area contributed by atoms with Gasteiger partial charge in [0.1, 0.15) is 0 Å². The normalized spacial score (nSPS) is 33.2. The number of nitrogens with one attached hydrogen (secondary N) is 1. The lowest BCUT2D eigenvalue weighted by atomic mass is 9.54. The molecule has 0 spiro atoms. The van der Waals surface area contributed by atoms with Crippen molar-refractivity contribution in [2.75, 3.05) is 26.8 Å². The van der Waals surface area contributed by atoms with Crippen LogP contribution in [-0.4, -0.2) is 44.6 Å². The minimum Gasteiger partial charge on any atom is -0.380 e. The molecule has 0 aliphatic heterocycles. The van der Waals surface area contributed by atoms with Crippen molar-refractivity contribution < 1.29 is 9.47 Å². The molecule has 102 valence electrons. The van der Waals surface area contributed by atoms with Gasteiger partial charge in [0.15, 0.2) is 0 Å². The van der Waals surface area contributed by atoms with Crippen LogP contribution in [-0.2, 0) is 9.47 Å². The molecule has 0 aromatic heterocycles. The third-order valence-electron chi connectivity index (χ3n) is 4.28. The lowest BCUT2D eigenvalue weighted by Crippen LogP contribution is -2.73. The highest BCUT2D eigenvalue weighted by molar-refractivity contribution is 5.14. The van der Waals surface area contributed by atoms with Crippen molar-refractivity contribution in [3.05, 3.63) is 0 Å². The Morgan fingerprint density at radius 3 is 2.59 bits per heavy atom. The summed E-state index contributed by atoms with van der Waals surface area (Å²) in [5.41, 5.74) is 6.31. The van der Waals surface area contributed by atoms with Crippen LogP contribution in [0.2, 0.25) is 0 Å². The maximum absolute atomic E-state index is 6.45. The molecule has 0 aromatic carbocycles. The Morgan fingerprint density at radius 1 is 1.47 bits per heavy atom. The SMILES string of the molecule is CCOC1CC(N)(CNCC(C)OC)C1(C)C. The van der Waals surface area contributed by atoms with Gasteiger partial charge in [0.25, 0.3) is 0 Å². The third-order valence-corrected chi connectivity index (χ3v) is 4.28. The molecule has 0 heterocycles. The number of hydrogen-bond donors (Lipinski definition) is 2. The molecule has 3 unspecified atom stereocenters. The molecule has 1 saturated carbocycles. The lowest BCUT2D eigenvalue weighted by molar-refractivity contribution is -0.148. The van der Waals surface area contributed by atoms with E-state index in [1.165, 1.54) is 0 Å². The summed E-state index contributed by atoms with van der Waals surface area (Å²) in [6.07, 6.45) is 1.45. The van der Waals surface area contributed by atoms with Gasteiger partial charge in [-0.3, -0.25) is 0 Å². The highest BCUT2D eigenvalue weighted by atomic mass is 16.5. The molecule has 17 heavy (non-hydrogen) atoms. The first-order chi connectivity index (χ1) is 7.87. The first kappa shape index (κ1) is 14.9. The van der Waals surface area contributed by atoms with E-state index in [0.29, 0.717) is 6.10 Å². The van der Waals surface area contributed by atoms with E-state index in [1.54, 1.807) is 7.11 Å². The molecular formula is C13H28N2O2. The Bertz CT molecular complexity index is 246. The Labute approximate surface area is 105 Å². The van der Waals surface area contributed by atoms with Crippen molar-refractivity contribution in [1.29, 1.82) is 0 Å². The zero-order chi connectivity index (χ0) is 13.1. The van der Waals surface area contributed by atoms with E-state index in [9.17, 15) is 0 Å². The summed E-state index contributed by atoms with van der Waals surface area (Å²) in [4.78, 5) is 0. The van der Waals surface area contributed by atoms with Crippen LogP contribution in [0.25, 0.3) is 0 Å². The van der Waals surface area contributed by atoms with Crippen LogP contribution in [0.1, 0.15) is 34.1 Å². The molecule has 0 bridgehead atoms. The Morgan fingerprint density at radius 2 is 2.12 bits per heavy atom. The van der Waals surface area contributed by atoms with Gasteiger partial charge < -0.3 is 20.5 Å². The van der Waals surface area contributed by atoms with E-state index in [4.69, 9.17) is 15.2 Å². The molecule has 3 atom stereocenters. The quantitative estimate of drug-likeness (QED) is 0.705. The van der Waals surface area contributed by atoms with Crippen LogP contribution in [0.15, 0.2) is 0 Å². The van der Waals surface area contributed by atoms with Crippen molar-refractivity contribution in [3.63, 3.8) is 0 Å². The first-order valence-electron chi connectivity index (χ1n) is 6.51. The molecule has 4 heteroatoms. The molecular weight excluding hydrogens is 216 g/mol. The lowest BCUT2D eigenvalue weighted by Gasteiger charge is -2.59. The van der Waals surface area contributed by atoms with Crippen LogP contribution in [0.3, 0.4) is 0 Å². The van der Waals surface area contributed by atoms with E-state index in [0.717, 1.165) is 26.1 Å². The second-order valence-corrected chi connectivity index (χ2v) is 5.70. The summed E-state index contributed by atoms with van der Waals surface area (Å²) < 4.78 is 10.9. The van der Waals surface area contributed by atoms with Gasteiger partial charge >= 0.3 is 0 Å². The molecule has 0 saturated heterocycles. The third kappa shape index (κ3) is 2.99. The van der Waals surface area contributed by atoms with Gasteiger partial charge in [-0.1, -0.05) is 13.8 Å². The summed E-state index contributed by atoms with van der Waals surface area (Å²) in [5.74, 6) is 0. The van der Waals surface area contributed by atoms with Crippen molar-refractivity contribution in [2.45, 2.75) is 51.9 Å². The minimum atomic E-state index is -0.166. The summed E-state index contributed by atoms with van der Waals surface area (Å²) in [6.45, 7) is 10.9. The second kappa shape index (κ2) is 5.65. The molecule has 0 radical (unpaired) electrons. The zero-order valence-electron chi connectivity index (χ0n) is 11.9. The standard InChI is InChI=1S/C13H28N2O2/c1-6-17-11-7-13(14,12(11,3)4)9-15-8-10(2)16-5/h10-11,15H,6-9,14H2,1-5H3. The number of rotatable bonds is 7. The minimum absolute atomic E-state index is 0.0340. The van der Waals surface area contributed by atoms with Crippen LogP contribution in [0, 0.1) is 5.41 Å². The average molecular weight is 244 g/mol. The predicted molar refractivity (Wildman–Crippen MR) is 70.1 cm³/mol. The van der Waals surface area contributed by atoms with Gasteiger partial charge in [0, 0.05) is 37.8 Å². The Hall–Kier alpha value is -0.160. The molecule has 0 aromatic rings. The van der Waals surface area contributed by atoms with E-state index in [2.05, 4.69) is 19.2 Å². The predicted octanol–water partition coefficient (Wildman–Crippen LogP) is 1.14. The van der Waals surface area contributed by atoms with Crippen molar-refractivity contribution >= 4 is 0 Å². The van der Waals surface area contributed by atoms with Crippen molar-refractivity contribution in [3.8, 4) is 0 Å². The van der Waals surface area contributed by atoms with Crippen LogP contribution in [0.4, 0.5) is 0 Å². The van der Waals surface area contributed by atoms with E-state index >= 15 is 0 Å². The van der Waals surface area contributed by atoms with Gasteiger partial charge in [-0.15, -0.1) is 0 Å². The smallest absolute Gasteiger partial charge is 0.0667 e. The number of ether oxygens (including phenoxy) is 2. The summed E-state index contributed by atoms with van der Waals surface area (Å²) >= 11 is 0. The van der Waals surface area contributed by atoms with Gasteiger partial charge in [0.05, 0.1) is 12.2 Å². The highest BCUT2D eigenvalue weighted by Gasteiger charge is 2.58. The number of methoxy groups -OCH3 is 1. The van der Waals surface area contributed by atoms with Gasteiger partial charge in [0.2, 0.25) is 0 Å². The average Bonchev–Trinajstić information content (AvgIpc) is 2.28. The van der Waals surface area contributed by atoms with Gasteiger partial charge in [-0.2, -0.15) is 0 Å². The highest BCUT2D eigenvalue weighted by Crippen LogP contribution is 2.49. The van der Waals surface area contributed by atoms with Crippen LogP contribution in [0.5, 0.6) is 0 Å². The van der Waals surface area contributed by atoms with E-state index in [1.807, 2.05) is 13.8 Å². The Balaban J connectivity index is 2.38. The van der Waals surface area contributed by atoms with E-state index in [-0.39, 0.29) is 17.1 Å². The fraction of sp³-hybridized carbons (Fsp3) is 1.00. The van der Waals surface area contributed by atoms with Gasteiger partial charge in [-0.05, 0) is 20.3 Å². The summed E-state index contributed by atoms with van der Waals surface area (Å²) in [6, 6.07) is 0. The molecule has 0 amide bonds. The van der Waals surface area contributed by atoms with Crippen LogP contribution < -0.4 is 11.1 Å². The molecule has 4 nitrogen and oxygen atoms in total. The van der Waals surface area contributed by atoms with E-state index < -0.39 is 0 Å².